The molecular formula is C22H22FN3O5S2. The fraction of sp³-hybridized carbons (Fsp3) is 0.318. The number of carbonyl (C=O) groups excluding carboxylic acids is 2. The van der Waals surface area contributed by atoms with Crippen LogP contribution in [0.25, 0.3) is 0 Å². The van der Waals surface area contributed by atoms with Crippen LogP contribution in [0.15, 0.2) is 53.5 Å². The highest BCUT2D eigenvalue weighted by molar-refractivity contribution is 8.15. The van der Waals surface area contributed by atoms with Gasteiger partial charge in [-0.05, 0) is 55.5 Å². The van der Waals surface area contributed by atoms with Crippen LogP contribution in [-0.4, -0.2) is 61.4 Å². The van der Waals surface area contributed by atoms with Gasteiger partial charge < -0.3 is 15.0 Å². The molecule has 0 saturated carbocycles. The zero-order valence-corrected chi connectivity index (χ0v) is 19.4. The van der Waals surface area contributed by atoms with Gasteiger partial charge >= 0.3 is 5.97 Å². The van der Waals surface area contributed by atoms with E-state index in [2.05, 4.69) is 10.3 Å². The number of fused-ring (bicyclic) bond motifs is 1. The van der Waals surface area contributed by atoms with Crippen molar-refractivity contribution in [2.24, 2.45) is 4.99 Å². The SMILES string of the molecule is CCOC(=O)c1ccc(NC(=O)CN(C2=NC3CS(=O)(=O)CC3S2)c2ccc(F)cc2)cc1. The van der Waals surface area contributed by atoms with Gasteiger partial charge in [0.2, 0.25) is 5.91 Å². The Bertz CT molecular complexity index is 1180. The molecule has 1 amide bonds. The number of sulfone groups is 1. The first-order chi connectivity index (χ1) is 15.7. The molecule has 0 aromatic heterocycles. The maximum Gasteiger partial charge on any atom is 0.338 e. The molecule has 2 aromatic rings. The molecule has 0 radical (unpaired) electrons. The van der Waals surface area contributed by atoms with Crippen LogP contribution in [0, 0.1) is 5.82 Å². The minimum Gasteiger partial charge on any atom is -0.462 e. The minimum atomic E-state index is -3.11. The van der Waals surface area contributed by atoms with Crippen LogP contribution >= 0.6 is 11.8 Å². The van der Waals surface area contributed by atoms with E-state index < -0.39 is 21.6 Å². The van der Waals surface area contributed by atoms with Gasteiger partial charge in [0.05, 0.1) is 29.7 Å². The molecule has 33 heavy (non-hydrogen) atoms. The first-order valence-corrected chi connectivity index (χ1v) is 13.0. The largest absolute Gasteiger partial charge is 0.462 e. The van der Waals surface area contributed by atoms with Crippen LogP contribution in [0.2, 0.25) is 0 Å². The summed E-state index contributed by atoms with van der Waals surface area (Å²) in [7, 11) is -3.11. The number of hydrogen-bond donors (Lipinski definition) is 1. The summed E-state index contributed by atoms with van der Waals surface area (Å²) in [5.74, 6) is -1.16. The Morgan fingerprint density at radius 2 is 1.85 bits per heavy atom. The molecule has 2 unspecified atom stereocenters. The predicted molar refractivity (Wildman–Crippen MR) is 126 cm³/mol. The van der Waals surface area contributed by atoms with E-state index in [1.165, 1.54) is 23.9 Å². The number of rotatable bonds is 6. The van der Waals surface area contributed by atoms with Crippen molar-refractivity contribution in [1.29, 1.82) is 0 Å². The van der Waals surface area contributed by atoms with Gasteiger partial charge in [-0.25, -0.2) is 17.6 Å². The summed E-state index contributed by atoms with van der Waals surface area (Å²) in [6, 6.07) is 11.6. The maximum atomic E-state index is 13.5. The van der Waals surface area contributed by atoms with E-state index in [-0.39, 0.29) is 41.9 Å². The first kappa shape index (κ1) is 23.2. The Balaban J connectivity index is 1.49. The van der Waals surface area contributed by atoms with E-state index in [0.717, 1.165) is 0 Å². The number of esters is 1. The summed E-state index contributed by atoms with van der Waals surface area (Å²) in [4.78, 5) is 30.8. The average molecular weight is 492 g/mol. The van der Waals surface area contributed by atoms with Gasteiger partial charge in [0.1, 0.15) is 12.4 Å². The van der Waals surface area contributed by atoms with Crippen LogP contribution in [0.4, 0.5) is 15.8 Å². The molecule has 8 nitrogen and oxygen atoms in total. The molecule has 0 aliphatic carbocycles. The topological polar surface area (TPSA) is 105 Å². The van der Waals surface area contributed by atoms with Crippen molar-refractivity contribution in [2.75, 3.05) is 34.9 Å². The average Bonchev–Trinajstić information content (AvgIpc) is 3.27. The van der Waals surface area contributed by atoms with Crippen molar-refractivity contribution >= 4 is 50.0 Å². The standard InChI is InChI=1S/C22H22FN3O5S2/c1-2-31-21(28)14-3-7-16(8-4-14)24-20(27)11-26(17-9-5-15(23)6-10-17)22-25-18-12-33(29,30)13-19(18)32-22/h3-10,18-19H,2,11-13H2,1H3,(H,24,27). The van der Waals surface area contributed by atoms with E-state index in [0.29, 0.717) is 22.1 Å². The van der Waals surface area contributed by atoms with E-state index in [4.69, 9.17) is 4.74 Å². The summed E-state index contributed by atoms with van der Waals surface area (Å²) in [6.07, 6.45) is 0. The van der Waals surface area contributed by atoms with Crippen molar-refractivity contribution in [3.8, 4) is 0 Å². The highest BCUT2D eigenvalue weighted by atomic mass is 32.2. The van der Waals surface area contributed by atoms with Crippen molar-refractivity contribution in [2.45, 2.75) is 18.2 Å². The molecule has 2 aromatic carbocycles. The van der Waals surface area contributed by atoms with E-state index in [9.17, 15) is 22.4 Å². The molecule has 1 N–H and O–H groups in total. The number of carbonyl (C=O) groups is 2. The number of thioether (sulfide) groups is 1. The third-order valence-corrected chi connectivity index (χ3v) is 8.40. The summed E-state index contributed by atoms with van der Waals surface area (Å²) < 4.78 is 42.2. The Hall–Kier alpha value is -2.92. The molecule has 1 saturated heterocycles. The second-order valence-electron chi connectivity index (χ2n) is 7.62. The quantitative estimate of drug-likeness (QED) is 0.620. The number of anilines is 2. The smallest absolute Gasteiger partial charge is 0.338 e. The molecule has 0 spiro atoms. The number of amidine groups is 1. The molecule has 11 heteroatoms. The molecule has 1 fully saturated rings. The lowest BCUT2D eigenvalue weighted by molar-refractivity contribution is -0.114. The summed E-state index contributed by atoms with van der Waals surface area (Å²) in [5, 5.41) is 3.11. The number of aliphatic imine (C=N–C) groups is 1. The van der Waals surface area contributed by atoms with Crippen molar-refractivity contribution in [3.63, 3.8) is 0 Å². The van der Waals surface area contributed by atoms with E-state index in [1.807, 2.05) is 0 Å². The van der Waals surface area contributed by atoms with Crippen molar-refractivity contribution in [1.82, 2.24) is 0 Å². The van der Waals surface area contributed by atoms with Crippen molar-refractivity contribution < 1.29 is 27.1 Å². The van der Waals surface area contributed by atoms with Crippen LogP contribution in [0.1, 0.15) is 17.3 Å². The molecule has 2 aliphatic rings. The number of ether oxygens (including phenoxy) is 1. The monoisotopic (exact) mass is 491 g/mol. The lowest BCUT2D eigenvalue weighted by Crippen LogP contribution is -2.36. The van der Waals surface area contributed by atoms with Crippen LogP contribution in [0.5, 0.6) is 0 Å². The third kappa shape index (κ3) is 5.53. The minimum absolute atomic E-state index is 0.00949. The molecule has 2 aliphatic heterocycles. The maximum absolute atomic E-state index is 13.5. The number of halogens is 1. The zero-order valence-electron chi connectivity index (χ0n) is 17.7. The van der Waals surface area contributed by atoms with E-state index >= 15 is 0 Å². The molecule has 2 heterocycles. The fourth-order valence-corrected chi connectivity index (χ4v) is 7.39. The molecular weight excluding hydrogens is 469 g/mol. The third-order valence-electron chi connectivity index (χ3n) is 5.16. The van der Waals surface area contributed by atoms with Crippen molar-refractivity contribution in [3.05, 3.63) is 59.9 Å². The molecule has 4 rings (SSSR count). The van der Waals surface area contributed by atoms with Crippen LogP contribution in [-0.2, 0) is 19.4 Å². The van der Waals surface area contributed by atoms with Gasteiger partial charge in [0, 0.05) is 16.6 Å². The van der Waals surface area contributed by atoms with Gasteiger partial charge in [-0.2, -0.15) is 0 Å². The summed E-state index contributed by atoms with van der Waals surface area (Å²) >= 11 is 1.32. The van der Waals surface area contributed by atoms with Gasteiger partial charge in [-0.15, -0.1) is 0 Å². The lowest BCUT2D eigenvalue weighted by Gasteiger charge is -2.24. The normalized spacial score (nSPS) is 20.6. The number of amides is 1. The zero-order chi connectivity index (χ0) is 23.6. The molecule has 174 valence electrons. The highest BCUT2D eigenvalue weighted by Gasteiger charge is 2.44. The molecule has 0 bridgehead atoms. The number of nitrogens with one attached hydrogen (secondary N) is 1. The second-order valence-corrected chi connectivity index (χ2v) is 11.0. The Morgan fingerprint density at radius 1 is 1.15 bits per heavy atom. The van der Waals surface area contributed by atoms with E-state index in [1.54, 1.807) is 48.2 Å². The summed E-state index contributed by atoms with van der Waals surface area (Å²) in [5.41, 5.74) is 1.44. The first-order valence-electron chi connectivity index (χ1n) is 10.3. The van der Waals surface area contributed by atoms with Crippen LogP contribution < -0.4 is 10.2 Å². The predicted octanol–water partition coefficient (Wildman–Crippen LogP) is 2.72. The van der Waals surface area contributed by atoms with Gasteiger partial charge in [0.15, 0.2) is 15.0 Å². The number of hydrogen-bond acceptors (Lipinski definition) is 8. The Labute approximate surface area is 195 Å². The van der Waals surface area contributed by atoms with Gasteiger partial charge in [0.25, 0.3) is 0 Å². The molecule has 2 atom stereocenters. The van der Waals surface area contributed by atoms with Gasteiger partial charge in [-0.1, -0.05) is 11.8 Å². The van der Waals surface area contributed by atoms with Gasteiger partial charge in [-0.3, -0.25) is 9.79 Å². The Kier molecular flexibility index (Phi) is 6.71. The number of nitrogens with zero attached hydrogens (tertiary/aromatic N) is 2. The summed E-state index contributed by atoms with van der Waals surface area (Å²) in [6.45, 7) is 1.88. The Morgan fingerprint density at radius 3 is 2.48 bits per heavy atom. The number of benzene rings is 2. The second kappa shape index (κ2) is 9.52. The fourth-order valence-electron chi connectivity index (χ4n) is 3.61. The lowest BCUT2D eigenvalue weighted by atomic mass is 10.2. The van der Waals surface area contributed by atoms with Crippen LogP contribution in [0.3, 0.4) is 0 Å². The highest BCUT2D eigenvalue weighted by Crippen LogP contribution is 2.36.